The summed E-state index contributed by atoms with van der Waals surface area (Å²) >= 11 is 0. The monoisotopic (exact) mass is 226 g/mol. The summed E-state index contributed by atoms with van der Waals surface area (Å²) in [6.45, 7) is 7.52. The van der Waals surface area contributed by atoms with Crippen LogP contribution in [-0.2, 0) is 9.53 Å². The molecule has 92 valence electrons. The summed E-state index contributed by atoms with van der Waals surface area (Å²) in [5, 5.41) is 6.36. The Bertz CT molecular complexity index is 258. The van der Waals surface area contributed by atoms with Crippen LogP contribution in [0.25, 0.3) is 0 Å². The highest BCUT2D eigenvalue weighted by atomic mass is 16.5. The Morgan fingerprint density at radius 3 is 2.81 bits per heavy atom. The number of carbonyl (C=O) groups is 1. The van der Waals surface area contributed by atoms with E-state index in [1.165, 1.54) is 0 Å². The lowest BCUT2D eigenvalue weighted by Gasteiger charge is -2.38. The van der Waals surface area contributed by atoms with Crippen LogP contribution >= 0.6 is 0 Å². The van der Waals surface area contributed by atoms with Crippen LogP contribution in [0.4, 0.5) is 0 Å². The molecule has 0 radical (unpaired) electrons. The van der Waals surface area contributed by atoms with Crippen LogP contribution in [0.15, 0.2) is 0 Å². The first kappa shape index (κ1) is 11.9. The van der Waals surface area contributed by atoms with E-state index in [-0.39, 0.29) is 17.4 Å². The Kier molecular flexibility index (Phi) is 3.50. The lowest BCUT2D eigenvalue weighted by Crippen LogP contribution is -2.56. The van der Waals surface area contributed by atoms with E-state index in [0.717, 1.165) is 32.5 Å². The maximum Gasteiger partial charge on any atom is 0.223 e. The van der Waals surface area contributed by atoms with Gasteiger partial charge in [-0.2, -0.15) is 0 Å². The number of hydrogen-bond acceptors (Lipinski definition) is 3. The second-order valence-electron chi connectivity index (χ2n) is 5.41. The van der Waals surface area contributed by atoms with Crippen LogP contribution in [0.5, 0.6) is 0 Å². The molecule has 0 saturated carbocycles. The number of nitrogens with one attached hydrogen (secondary N) is 2. The molecule has 2 N–H and O–H groups in total. The highest BCUT2D eigenvalue weighted by molar-refractivity contribution is 5.79. The van der Waals surface area contributed by atoms with Gasteiger partial charge in [-0.1, -0.05) is 6.92 Å². The molecule has 4 heteroatoms. The Hall–Kier alpha value is -0.610. The molecule has 2 aliphatic rings. The van der Waals surface area contributed by atoms with Gasteiger partial charge in [0.05, 0.1) is 12.1 Å². The van der Waals surface area contributed by atoms with Gasteiger partial charge in [0.15, 0.2) is 0 Å². The molecule has 0 aromatic carbocycles. The summed E-state index contributed by atoms with van der Waals surface area (Å²) in [5.74, 6) is 0.799. The Balaban J connectivity index is 1.85. The van der Waals surface area contributed by atoms with Crippen molar-refractivity contribution in [1.82, 2.24) is 10.6 Å². The zero-order chi connectivity index (χ0) is 11.6. The van der Waals surface area contributed by atoms with Crippen LogP contribution in [0.3, 0.4) is 0 Å². The van der Waals surface area contributed by atoms with E-state index in [0.29, 0.717) is 12.5 Å². The molecule has 0 aliphatic carbocycles. The van der Waals surface area contributed by atoms with Gasteiger partial charge >= 0.3 is 0 Å². The molecule has 0 aromatic rings. The van der Waals surface area contributed by atoms with Gasteiger partial charge in [0.25, 0.3) is 0 Å². The molecule has 0 spiro atoms. The van der Waals surface area contributed by atoms with Gasteiger partial charge < -0.3 is 15.4 Å². The first-order chi connectivity index (χ1) is 7.61. The molecule has 2 aliphatic heterocycles. The van der Waals surface area contributed by atoms with E-state index >= 15 is 0 Å². The summed E-state index contributed by atoms with van der Waals surface area (Å²) in [4.78, 5) is 12.1. The molecule has 1 amide bonds. The van der Waals surface area contributed by atoms with Crippen molar-refractivity contribution >= 4 is 5.91 Å². The van der Waals surface area contributed by atoms with Gasteiger partial charge in [-0.25, -0.2) is 0 Å². The highest BCUT2D eigenvalue weighted by Crippen LogP contribution is 2.21. The lowest BCUT2D eigenvalue weighted by atomic mass is 9.86. The second-order valence-corrected chi connectivity index (χ2v) is 5.41. The van der Waals surface area contributed by atoms with Gasteiger partial charge in [0.2, 0.25) is 5.91 Å². The number of ether oxygens (including phenoxy) is 1. The molecule has 2 rings (SSSR count). The van der Waals surface area contributed by atoms with Crippen molar-refractivity contribution in [1.29, 1.82) is 0 Å². The largest absolute Gasteiger partial charge is 0.379 e. The standard InChI is InChI=1S/C12H22N2O2/c1-9(10-6-13-7-10)11(15)14-12(2)4-3-5-16-8-12/h9-10,13H,3-8H2,1-2H3,(H,14,15). The predicted molar refractivity (Wildman–Crippen MR) is 62.1 cm³/mol. The summed E-state index contributed by atoms with van der Waals surface area (Å²) in [6, 6.07) is 0. The molecular weight excluding hydrogens is 204 g/mol. The predicted octanol–water partition coefficient (Wildman–Crippen LogP) is 0.527. The topological polar surface area (TPSA) is 50.4 Å². The minimum Gasteiger partial charge on any atom is -0.379 e. The van der Waals surface area contributed by atoms with Crippen molar-refractivity contribution in [2.24, 2.45) is 11.8 Å². The normalized spacial score (nSPS) is 32.9. The van der Waals surface area contributed by atoms with Crippen molar-refractivity contribution in [3.8, 4) is 0 Å². The number of carbonyl (C=O) groups excluding carboxylic acids is 1. The van der Waals surface area contributed by atoms with Crippen LogP contribution < -0.4 is 10.6 Å². The van der Waals surface area contributed by atoms with Crippen LogP contribution in [0.2, 0.25) is 0 Å². The van der Waals surface area contributed by atoms with Crippen molar-refractivity contribution in [2.75, 3.05) is 26.3 Å². The van der Waals surface area contributed by atoms with Crippen molar-refractivity contribution in [2.45, 2.75) is 32.2 Å². The van der Waals surface area contributed by atoms with Crippen molar-refractivity contribution in [3.05, 3.63) is 0 Å². The number of rotatable bonds is 3. The SMILES string of the molecule is CC(C(=O)NC1(C)CCCOC1)C1CNC1. The highest BCUT2D eigenvalue weighted by Gasteiger charge is 2.34. The average molecular weight is 226 g/mol. The Morgan fingerprint density at radius 2 is 2.31 bits per heavy atom. The fourth-order valence-corrected chi connectivity index (χ4v) is 2.32. The Morgan fingerprint density at radius 1 is 1.56 bits per heavy atom. The van der Waals surface area contributed by atoms with E-state index in [1.807, 2.05) is 6.92 Å². The van der Waals surface area contributed by atoms with E-state index in [9.17, 15) is 4.79 Å². The van der Waals surface area contributed by atoms with Crippen molar-refractivity contribution in [3.63, 3.8) is 0 Å². The molecular formula is C12H22N2O2. The third kappa shape index (κ3) is 2.55. The summed E-state index contributed by atoms with van der Waals surface area (Å²) in [5.41, 5.74) is -0.152. The van der Waals surface area contributed by atoms with Gasteiger partial charge in [0, 0.05) is 12.5 Å². The maximum absolute atomic E-state index is 12.1. The smallest absolute Gasteiger partial charge is 0.223 e. The van der Waals surface area contributed by atoms with Crippen molar-refractivity contribution < 1.29 is 9.53 Å². The van der Waals surface area contributed by atoms with Gasteiger partial charge in [-0.05, 0) is 38.8 Å². The van der Waals surface area contributed by atoms with E-state index in [2.05, 4.69) is 17.6 Å². The van der Waals surface area contributed by atoms with Crippen LogP contribution in [-0.4, -0.2) is 37.7 Å². The van der Waals surface area contributed by atoms with E-state index in [1.54, 1.807) is 0 Å². The first-order valence-corrected chi connectivity index (χ1v) is 6.21. The van der Waals surface area contributed by atoms with Gasteiger partial charge in [-0.3, -0.25) is 4.79 Å². The van der Waals surface area contributed by atoms with Gasteiger partial charge in [-0.15, -0.1) is 0 Å². The van der Waals surface area contributed by atoms with Gasteiger partial charge in [0.1, 0.15) is 0 Å². The fourth-order valence-electron chi connectivity index (χ4n) is 2.32. The maximum atomic E-state index is 12.1. The third-order valence-electron chi connectivity index (χ3n) is 3.80. The number of amides is 1. The molecule has 2 atom stereocenters. The van der Waals surface area contributed by atoms with E-state index < -0.39 is 0 Å². The van der Waals surface area contributed by atoms with E-state index in [4.69, 9.17) is 4.74 Å². The minimum absolute atomic E-state index is 0.111. The molecule has 4 nitrogen and oxygen atoms in total. The summed E-state index contributed by atoms with van der Waals surface area (Å²) in [7, 11) is 0. The molecule has 0 aromatic heterocycles. The third-order valence-corrected chi connectivity index (χ3v) is 3.80. The fraction of sp³-hybridized carbons (Fsp3) is 0.917. The van der Waals surface area contributed by atoms with Crippen LogP contribution in [0.1, 0.15) is 26.7 Å². The second kappa shape index (κ2) is 4.72. The molecule has 2 heterocycles. The summed E-state index contributed by atoms with van der Waals surface area (Å²) < 4.78 is 5.44. The quantitative estimate of drug-likeness (QED) is 0.738. The minimum atomic E-state index is -0.152. The molecule has 2 unspecified atom stereocenters. The number of hydrogen-bond donors (Lipinski definition) is 2. The summed E-state index contributed by atoms with van der Waals surface area (Å²) in [6.07, 6.45) is 2.06. The molecule has 16 heavy (non-hydrogen) atoms. The zero-order valence-electron chi connectivity index (χ0n) is 10.2. The average Bonchev–Trinajstić information content (AvgIpc) is 2.15. The van der Waals surface area contributed by atoms with Crippen LogP contribution in [0, 0.1) is 11.8 Å². The lowest BCUT2D eigenvalue weighted by molar-refractivity contribution is -0.130. The zero-order valence-corrected chi connectivity index (χ0v) is 10.2. The Labute approximate surface area is 97.1 Å². The molecule has 0 bridgehead atoms. The molecule has 2 saturated heterocycles. The first-order valence-electron chi connectivity index (χ1n) is 6.21. The molecule has 2 fully saturated rings.